The summed E-state index contributed by atoms with van der Waals surface area (Å²) in [5, 5.41) is 6.91. The molecule has 3 aromatic carbocycles. The number of carbonyl (C=O) groups is 2. The lowest BCUT2D eigenvalue weighted by molar-refractivity contribution is 0.101. The Bertz CT molecular complexity index is 962. The van der Waals surface area contributed by atoms with E-state index in [0.717, 1.165) is 11.1 Å². The third-order valence-corrected chi connectivity index (χ3v) is 4.75. The van der Waals surface area contributed by atoms with Gasteiger partial charge in [0.05, 0.1) is 0 Å². The summed E-state index contributed by atoms with van der Waals surface area (Å²) in [5.41, 5.74) is 4.02. The molecule has 0 heterocycles. The van der Waals surface area contributed by atoms with Gasteiger partial charge in [-0.05, 0) is 85.6 Å². The van der Waals surface area contributed by atoms with Crippen LogP contribution in [0.15, 0.2) is 60.7 Å². The van der Waals surface area contributed by atoms with E-state index in [0.29, 0.717) is 32.5 Å². The SMILES string of the molecule is Cc1cc(Cl)ccc1NC(=O)c1ccc(C(=O)Nc2ccc(Cl)cc2C)cc1. The first-order chi connectivity index (χ1) is 13.3. The van der Waals surface area contributed by atoms with Crippen LogP contribution in [0.1, 0.15) is 31.8 Å². The van der Waals surface area contributed by atoms with Crippen LogP contribution >= 0.6 is 23.2 Å². The number of amides is 2. The fraction of sp³-hybridized carbons (Fsp3) is 0.0909. The Morgan fingerprint density at radius 2 is 1.00 bits per heavy atom. The van der Waals surface area contributed by atoms with Crippen molar-refractivity contribution in [3.8, 4) is 0 Å². The van der Waals surface area contributed by atoms with Crippen molar-refractivity contribution in [3.63, 3.8) is 0 Å². The van der Waals surface area contributed by atoms with Crippen molar-refractivity contribution < 1.29 is 9.59 Å². The Morgan fingerprint density at radius 3 is 1.32 bits per heavy atom. The van der Waals surface area contributed by atoms with Gasteiger partial charge in [0.25, 0.3) is 11.8 Å². The van der Waals surface area contributed by atoms with E-state index in [9.17, 15) is 9.59 Å². The normalized spacial score (nSPS) is 10.4. The van der Waals surface area contributed by atoms with Gasteiger partial charge in [0.15, 0.2) is 0 Å². The first-order valence-corrected chi connectivity index (χ1v) is 9.34. The molecule has 0 spiro atoms. The van der Waals surface area contributed by atoms with Crippen LogP contribution in [0.3, 0.4) is 0 Å². The fourth-order valence-corrected chi connectivity index (χ4v) is 3.15. The number of anilines is 2. The summed E-state index contributed by atoms with van der Waals surface area (Å²) >= 11 is 11.9. The van der Waals surface area contributed by atoms with Crippen molar-refractivity contribution in [1.82, 2.24) is 0 Å². The second kappa shape index (κ2) is 8.46. The van der Waals surface area contributed by atoms with Crippen molar-refractivity contribution in [2.75, 3.05) is 10.6 Å². The third-order valence-electron chi connectivity index (χ3n) is 4.28. The van der Waals surface area contributed by atoms with Crippen molar-refractivity contribution in [2.45, 2.75) is 13.8 Å². The Labute approximate surface area is 173 Å². The van der Waals surface area contributed by atoms with Crippen LogP contribution in [0, 0.1) is 13.8 Å². The molecule has 0 aliphatic rings. The quantitative estimate of drug-likeness (QED) is 0.542. The molecule has 4 nitrogen and oxygen atoms in total. The van der Waals surface area contributed by atoms with E-state index in [4.69, 9.17) is 23.2 Å². The van der Waals surface area contributed by atoms with E-state index in [2.05, 4.69) is 10.6 Å². The van der Waals surface area contributed by atoms with Crippen molar-refractivity contribution in [2.24, 2.45) is 0 Å². The van der Waals surface area contributed by atoms with E-state index in [-0.39, 0.29) is 11.8 Å². The Morgan fingerprint density at radius 1 is 0.643 bits per heavy atom. The number of nitrogens with one attached hydrogen (secondary N) is 2. The third kappa shape index (κ3) is 4.71. The molecule has 0 radical (unpaired) electrons. The molecule has 0 saturated heterocycles. The standard InChI is InChI=1S/C22H18Cl2N2O2/c1-13-11-17(23)7-9-19(13)25-21(27)15-3-5-16(6-4-15)22(28)26-20-10-8-18(24)12-14(20)2/h3-12H,1-2H3,(H,25,27)(H,26,28). The molecule has 0 aromatic heterocycles. The summed E-state index contributed by atoms with van der Waals surface area (Å²) in [6.45, 7) is 3.74. The molecule has 0 fully saturated rings. The van der Waals surface area contributed by atoms with Gasteiger partial charge in [-0.1, -0.05) is 23.2 Å². The second-order valence-electron chi connectivity index (χ2n) is 6.40. The molecular weight excluding hydrogens is 395 g/mol. The van der Waals surface area contributed by atoms with Crippen molar-refractivity contribution >= 4 is 46.4 Å². The molecule has 0 unspecified atom stereocenters. The average molecular weight is 413 g/mol. The highest BCUT2D eigenvalue weighted by Crippen LogP contribution is 2.22. The highest BCUT2D eigenvalue weighted by Gasteiger charge is 2.11. The lowest BCUT2D eigenvalue weighted by Gasteiger charge is -2.10. The Kier molecular flexibility index (Phi) is 6.02. The molecule has 28 heavy (non-hydrogen) atoms. The summed E-state index contributed by atoms with van der Waals surface area (Å²) in [6.07, 6.45) is 0. The van der Waals surface area contributed by atoms with E-state index >= 15 is 0 Å². The molecule has 6 heteroatoms. The van der Waals surface area contributed by atoms with Gasteiger partial charge in [-0.2, -0.15) is 0 Å². The largest absolute Gasteiger partial charge is 0.322 e. The predicted octanol–water partition coefficient (Wildman–Crippen LogP) is 6.11. The molecule has 0 saturated carbocycles. The van der Waals surface area contributed by atoms with Crippen LogP contribution in [0.4, 0.5) is 11.4 Å². The molecule has 2 amide bonds. The van der Waals surface area contributed by atoms with Crippen LogP contribution in [-0.2, 0) is 0 Å². The maximum Gasteiger partial charge on any atom is 0.255 e. The van der Waals surface area contributed by atoms with Crippen molar-refractivity contribution in [1.29, 1.82) is 0 Å². The Balaban J connectivity index is 1.70. The number of carbonyl (C=O) groups excluding carboxylic acids is 2. The van der Waals surface area contributed by atoms with Crippen LogP contribution in [0.2, 0.25) is 10.0 Å². The minimum absolute atomic E-state index is 0.258. The maximum absolute atomic E-state index is 12.4. The van der Waals surface area contributed by atoms with Gasteiger partial charge in [0.1, 0.15) is 0 Å². The van der Waals surface area contributed by atoms with E-state index < -0.39 is 0 Å². The minimum Gasteiger partial charge on any atom is -0.322 e. The number of benzene rings is 3. The molecule has 0 bridgehead atoms. The smallest absolute Gasteiger partial charge is 0.255 e. The van der Waals surface area contributed by atoms with E-state index in [1.165, 1.54) is 0 Å². The molecular formula is C22H18Cl2N2O2. The average Bonchev–Trinajstić information content (AvgIpc) is 2.66. The van der Waals surface area contributed by atoms with Gasteiger partial charge in [-0.3, -0.25) is 9.59 Å². The highest BCUT2D eigenvalue weighted by atomic mass is 35.5. The summed E-state index contributed by atoms with van der Waals surface area (Å²) in [4.78, 5) is 24.9. The first kappa shape index (κ1) is 19.9. The lowest BCUT2D eigenvalue weighted by atomic mass is 10.1. The summed E-state index contributed by atoms with van der Waals surface area (Å²) in [6, 6.07) is 17.0. The molecule has 0 aliphatic heterocycles. The number of hydrogen-bond donors (Lipinski definition) is 2. The van der Waals surface area contributed by atoms with Crippen LogP contribution in [-0.4, -0.2) is 11.8 Å². The minimum atomic E-state index is -0.258. The number of halogens is 2. The van der Waals surface area contributed by atoms with E-state index in [1.54, 1.807) is 60.7 Å². The zero-order valence-electron chi connectivity index (χ0n) is 15.3. The zero-order valence-corrected chi connectivity index (χ0v) is 16.9. The van der Waals surface area contributed by atoms with Gasteiger partial charge < -0.3 is 10.6 Å². The summed E-state index contributed by atoms with van der Waals surface area (Å²) in [7, 11) is 0. The molecule has 2 N–H and O–H groups in total. The lowest BCUT2D eigenvalue weighted by Crippen LogP contribution is -2.15. The van der Waals surface area contributed by atoms with Gasteiger partial charge in [0, 0.05) is 32.5 Å². The van der Waals surface area contributed by atoms with Gasteiger partial charge in [-0.25, -0.2) is 0 Å². The van der Waals surface area contributed by atoms with Crippen LogP contribution in [0.5, 0.6) is 0 Å². The number of rotatable bonds is 4. The number of aryl methyl sites for hydroxylation is 2. The number of hydrogen-bond acceptors (Lipinski definition) is 2. The van der Waals surface area contributed by atoms with Crippen molar-refractivity contribution in [3.05, 3.63) is 93.0 Å². The van der Waals surface area contributed by atoms with E-state index in [1.807, 2.05) is 13.8 Å². The molecule has 0 atom stereocenters. The second-order valence-corrected chi connectivity index (χ2v) is 7.28. The van der Waals surface area contributed by atoms with Crippen LogP contribution < -0.4 is 10.6 Å². The van der Waals surface area contributed by atoms with Gasteiger partial charge >= 0.3 is 0 Å². The molecule has 0 aliphatic carbocycles. The first-order valence-electron chi connectivity index (χ1n) is 8.58. The fourth-order valence-electron chi connectivity index (χ4n) is 2.70. The van der Waals surface area contributed by atoms with Gasteiger partial charge in [0.2, 0.25) is 0 Å². The maximum atomic E-state index is 12.4. The molecule has 3 rings (SSSR count). The zero-order chi connectivity index (χ0) is 20.3. The molecule has 3 aromatic rings. The monoisotopic (exact) mass is 412 g/mol. The molecule has 142 valence electrons. The summed E-state index contributed by atoms with van der Waals surface area (Å²) < 4.78 is 0. The highest BCUT2D eigenvalue weighted by molar-refractivity contribution is 6.31. The van der Waals surface area contributed by atoms with Gasteiger partial charge in [-0.15, -0.1) is 0 Å². The predicted molar refractivity (Wildman–Crippen MR) is 115 cm³/mol. The topological polar surface area (TPSA) is 58.2 Å². The summed E-state index contributed by atoms with van der Waals surface area (Å²) in [5.74, 6) is -0.517. The Hall–Kier alpha value is -2.82. The van der Waals surface area contributed by atoms with Crippen LogP contribution in [0.25, 0.3) is 0 Å².